The van der Waals surface area contributed by atoms with Gasteiger partial charge < -0.3 is 9.47 Å². The second kappa shape index (κ2) is 9.18. The Balaban J connectivity index is 1.51. The van der Waals surface area contributed by atoms with Gasteiger partial charge in [-0.25, -0.2) is 9.69 Å². The first-order chi connectivity index (χ1) is 16.7. The smallest absolute Gasteiger partial charge is 0.338 e. The zero-order chi connectivity index (χ0) is 25.3. The highest BCUT2D eigenvalue weighted by Gasteiger charge is 2.38. The molecule has 0 fully saturated rings. The lowest BCUT2D eigenvalue weighted by Crippen LogP contribution is -2.29. The molecule has 2 amide bonds. The van der Waals surface area contributed by atoms with Crippen LogP contribution in [0.3, 0.4) is 0 Å². The van der Waals surface area contributed by atoms with Crippen LogP contribution in [0.4, 0.5) is 11.4 Å². The third-order valence-corrected chi connectivity index (χ3v) is 5.51. The third kappa shape index (κ3) is 4.24. The normalized spacial score (nSPS) is 12.3. The molecule has 0 bridgehead atoms. The lowest BCUT2D eigenvalue weighted by atomic mass is 10.1. The molecule has 1 aliphatic rings. The topological polar surface area (TPSA) is 133 Å². The van der Waals surface area contributed by atoms with Gasteiger partial charge >= 0.3 is 5.97 Å². The number of carbonyl (C=O) groups excluding carboxylic acids is 4. The number of fused-ring (bicyclic) bond motifs is 1. The number of methoxy groups -OCH3 is 1. The summed E-state index contributed by atoms with van der Waals surface area (Å²) in [4.78, 5) is 62.3. The van der Waals surface area contributed by atoms with Crippen molar-refractivity contribution in [1.29, 1.82) is 0 Å². The van der Waals surface area contributed by atoms with E-state index in [-0.39, 0.29) is 33.6 Å². The molecule has 4 rings (SSSR count). The Labute approximate surface area is 198 Å². The van der Waals surface area contributed by atoms with Crippen LogP contribution in [0.1, 0.15) is 47.0 Å². The number of benzene rings is 3. The van der Waals surface area contributed by atoms with Crippen LogP contribution in [0.5, 0.6) is 5.75 Å². The van der Waals surface area contributed by atoms with Gasteiger partial charge in [-0.2, -0.15) is 0 Å². The van der Waals surface area contributed by atoms with Crippen LogP contribution < -0.4 is 9.64 Å². The highest BCUT2D eigenvalue weighted by atomic mass is 16.6. The number of nitrogens with zero attached hydrogens (tertiary/aromatic N) is 2. The zero-order valence-electron chi connectivity index (χ0n) is 18.6. The molecule has 0 aromatic heterocycles. The molecule has 10 heteroatoms. The predicted octanol–water partition coefficient (Wildman–Crippen LogP) is 3.75. The Morgan fingerprint density at radius 1 is 0.943 bits per heavy atom. The number of ketones is 1. The van der Waals surface area contributed by atoms with Gasteiger partial charge in [-0.05, 0) is 37.3 Å². The number of nitro groups is 1. The molecule has 35 heavy (non-hydrogen) atoms. The molecule has 176 valence electrons. The van der Waals surface area contributed by atoms with E-state index < -0.39 is 35.1 Å². The number of Topliss-reactive ketones (excluding diaryl/α,β-unsaturated/α-hetero) is 1. The van der Waals surface area contributed by atoms with Crippen molar-refractivity contribution in [3.05, 3.63) is 98.6 Å². The van der Waals surface area contributed by atoms with Gasteiger partial charge in [0.25, 0.3) is 17.5 Å². The highest BCUT2D eigenvalue weighted by molar-refractivity contribution is 6.35. The van der Waals surface area contributed by atoms with E-state index in [4.69, 9.17) is 9.47 Å². The number of rotatable bonds is 7. The van der Waals surface area contributed by atoms with E-state index in [0.717, 1.165) is 11.0 Å². The summed E-state index contributed by atoms with van der Waals surface area (Å²) in [6, 6.07) is 14.4. The van der Waals surface area contributed by atoms with Gasteiger partial charge in [-0.3, -0.25) is 24.5 Å². The minimum Gasteiger partial charge on any atom is -0.495 e. The van der Waals surface area contributed by atoms with Gasteiger partial charge in [-0.15, -0.1) is 0 Å². The maximum atomic E-state index is 13.0. The fraction of sp³-hybridized carbons (Fsp3) is 0.120. The van der Waals surface area contributed by atoms with Gasteiger partial charge in [0.1, 0.15) is 5.75 Å². The number of carbonyl (C=O) groups is 4. The number of imide groups is 1. The van der Waals surface area contributed by atoms with E-state index in [0.29, 0.717) is 11.3 Å². The second-order valence-corrected chi connectivity index (χ2v) is 7.64. The van der Waals surface area contributed by atoms with Crippen molar-refractivity contribution in [2.75, 3.05) is 18.6 Å². The molecule has 0 atom stereocenters. The van der Waals surface area contributed by atoms with Crippen molar-refractivity contribution < 1.29 is 33.6 Å². The lowest BCUT2D eigenvalue weighted by molar-refractivity contribution is -0.385. The Morgan fingerprint density at radius 2 is 1.63 bits per heavy atom. The molecule has 3 aromatic carbocycles. The van der Waals surface area contributed by atoms with Crippen LogP contribution in [-0.4, -0.2) is 42.2 Å². The van der Waals surface area contributed by atoms with Crippen molar-refractivity contribution in [3.63, 3.8) is 0 Å². The van der Waals surface area contributed by atoms with E-state index in [9.17, 15) is 29.3 Å². The van der Waals surface area contributed by atoms with Crippen LogP contribution in [0.2, 0.25) is 0 Å². The molecule has 0 saturated heterocycles. The van der Waals surface area contributed by atoms with E-state index >= 15 is 0 Å². The number of anilines is 1. The molecule has 1 aliphatic heterocycles. The van der Waals surface area contributed by atoms with Gasteiger partial charge in [0.2, 0.25) is 5.78 Å². The number of amides is 2. The molecule has 0 unspecified atom stereocenters. The lowest BCUT2D eigenvalue weighted by Gasteiger charge is -2.16. The third-order valence-electron chi connectivity index (χ3n) is 5.51. The fourth-order valence-electron chi connectivity index (χ4n) is 3.68. The number of para-hydroxylation sites is 2. The Bertz CT molecular complexity index is 1410. The van der Waals surface area contributed by atoms with E-state index in [1.54, 1.807) is 31.2 Å². The van der Waals surface area contributed by atoms with Crippen molar-refractivity contribution in [1.82, 2.24) is 0 Å². The molecule has 10 nitrogen and oxygen atoms in total. The van der Waals surface area contributed by atoms with Crippen molar-refractivity contribution in [2.24, 2.45) is 0 Å². The number of hydrogen-bond acceptors (Lipinski definition) is 8. The second-order valence-electron chi connectivity index (χ2n) is 7.64. The van der Waals surface area contributed by atoms with Gasteiger partial charge in [0.15, 0.2) is 6.61 Å². The molecule has 0 N–H and O–H groups in total. The standard InChI is InChI=1S/C25H18N2O8/c1-14-7-8-15(12-20(14)27(32)33)21(28)13-35-25(31)16-9-10-17-18(11-16)24(30)26(23(17)29)19-5-3-4-6-22(19)34-2/h3-12H,13H2,1-2H3. The number of aryl methyl sites for hydroxylation is 1. The number of esters is 1. The van der Waals surface area contributed by atoms with Crippen LogP contribution in [-0.2, 0) is 4.74 Å². The van der Waals surface area contributed by atoms with Gasteiger partial charge in [-0.1, -0.05) is 24.3 Å². The summed E-state index contributed by atoms with van der Waals surface area (Å²) in [5.74, 6) is -2.38. The average Bonchev–Trinajstić information content (AvgIpc) is 3.11. The molecular formula is C25H18N2O8. The molecule has 0 spiro atoms. The summed E-state index contributed by atoms with van der Waals surface area (Å²) in [5, 5.41) is 11.1. The zero-order valence-corrected chi connectivity index (χ0v) is 18.6. The fourth-order valence-corrected chi connectivity index (χ4v) is 3.68. The van der Waals surface area contributed by atoms with Crippen LogP contribution in [0.15, 0.2) is 60.7 Å². The van der Waals surface area contributed by atoms with Gasteiger partial charge in [0, 0.05) is 17.2 Å². The molecular weight excluding hydrogens is 456 g/mol. The Morgan fingerprint density at radius 3 is 2.34 bits per heavy atom. The summed E-state index contributed by atoms with van der Waals surface area (Å²) in [6.45, 7) is 0.887. The minimum atomic E-state index is -0.890. The summed E-state index contributed by atoms with van der Waals surface area (Å²) >= 11 is 0. The van der Waals surface area contributed by atoms with Crippen molar-refractivity contribution in [2.45, 2.75) is 6.92 Å². The monoisotopic (exact) mass is 474 g/mol. The summed E-state index contributed by atoms with van der Waals surface area (Å²) in [7, 11) is 1.42. The van der Waals surface area contributed by atoms with Crippen LogP contribution >= 0.6 is 0 Å². The quantitative estimate of drug-likeness (QED) is 0.166. The molecule has 0 saturated carbocycles. The maximum absolute atomic E-state index is 13.0. The predicted molar refractivity (Wildman–Crippen MR) is 123 cm³/mol. The van der Waals surface area contributed by atoms with Crippen molar-refractivity contribution >= 4 is 34.9 Å². The molecule has 1 heterocycles. The SMILES string of the molecule is COc1ccccc1N1C(=O)c2ccc(C(=O)OCC(=O)c3ccc(C)c([N+](=O)[O-])c3)cc2C1=O. The highest BCUT2D eigenvalue weighted by Crippen LogP contribution is 2.35. The summed E-state index contributed by atoms with van der Waals surface area (Å²) in [5.41, 5.74) is 0.554. The van der Waals surface area contributed by atoms with E-state index in [1.165, 1.54) is 37.4 Å². The van der Waals surface area contributed by atoms with E-state index in [1.807, 2.05) is 0 Å². The minimum absolute atomic E-state index is 0.0100. The average molecular weight is 474 g/mol. The van der Waals surface area contributed by atoms with Crippen LogP contribution in [0, 0.1) is 17.0 Å². The Kier molecular flexibility index (Phi) is 6.11. The first-order valence-electron chi connectivity index (χ1n) is 10.3. The first-order valence-corrected chi connectivity index (χ1v) is 10.3. The molecule has 3 aromatic rings. The Hall–Kier alpha value is -4.86. The summed E-state index contributed by atoms with van der Waals surface area (Å²) in [6.07, 6.45) is 0. The number of ether oxygens (including phenoxy) is 2. The molecule has 0 aliphatic carbocycles. The van der Waals surface area contributed by atoms with Crippen molar-refractivity contribution in [3.8, 4) is 5.75 Å². The number of hydrogen-bond donors (Lipinski definition) is 0. The first kappa shape index (κ1) is 23.3. The van der Waals surface area contributed by atoms with Gasteiger partial charge in [0.05, 0.1) is 34.4 Å². The van der Waals surface area contributed by atoms with Crippen LogP contribution in [0.25, 0.3) is 0 Å². The molecule has 0 radical (unpaired) electrons. The number of nitro benzene ring substituents is 1. The largest absolute Gasteiger partial charge is 0.495 e. The maximum Gasteiger partial charge on any atom is 0.338 e. The van der Waals surface area contributed by atoms with E-state index in [2.05, 4.69) is 0 Å². The summed E-state index contributed by atoms with van der Waals surface area (Å²) < 4.78 is 10.3.